The first-order valence-electron chi connectivity index (χ1n) is 6.59. The average molecular weight is 323 g/mol. The van der Waals surface area contributed by atoms with Gasteiger partial charge >= 0.3 is 17.7 Å². The van der Waals surface area contributed by atoms with Gasteiger partial charge in [-0.2, -0.15) is 0 Å². The van der Waals surface area contributed by atoms with Crippen molar-refractivity contribution in [3.8, 4) is 5.75 Å². The molecular formula is C13H13N3O7. The molecule has 1 aromatic carbocycles. The number of nitrogens with zero attached hydrogens (tertiary/aromatic N) is 2. The smallest absolute Gasteiger partial charge is 0.344 e. The van der Waals surface area contributed by atoms with Crippen LogP contribution in [0.15, 0.2) is 24.3 Å². The van der Waals surface area contributed by atoms with Gasteiger partial charge in [-0.05, 0) is 6.07 Å². The summed E-state index contributed by atoms with van der Waals surface area (Å²) in [5.74, 6) is -1.62. The Balaban J connectivity index is 1.81. The zero-order valence-corrected chi connectivity index (χ0v) is 11.9. The van der Waals surface area contributed by atoms with Gasteiger partial charge in [0.15, 0.2) is 19.0 Å². The van der Waals surface area contributed by atoms with Gasteiger partial charge < -0.3 is 14.8 Å². The first kappa shape index (κ1) is 16.2. The van der Waals surface area contributed by atoms with E-state index in [0.717, 1.165) is 4.90 Å². The summed E-state index contributed by atoms with van der Waals surface area (Å²) < 4.78 is 9.70. The molecule has 23 heavy (non-hydrogen) atoms. The molecule has 10 heteroatoms. The van der Waals surface area contributed by atoms with Gasteiger partial charge in [0.25, 0.3) is 5.91 Å². The predicted molar refractivity (Wildman–Crippen MR) is 74.7 cm³/mol. The summed E-state index contributed by atoms with van der Waals surface area (Å²) in [6, 6.07) is 5.01. The SMILES string of the molecule is O=C(COc1ccccc1[N+](=O)[O-])OCC(=O)N1CCNC1=O. The van der Waals surface area contributed by atoms with E-state index in [1.165, 1.54) is 24.3 Å². The van der Waals surface area contributed by atoms with Crippen LogP contribution in [0.3, 0.4) is 0 Å². The lowest BCUT2D eigenvalue weighted by molar-refractivity contribution is -0.385. The van der Waals surface area contributed by atoms with Crippen molar-refractivity contribution < 1.29 is 28.8 Å². The van der Waals surface area contributed by atoms with Crippen LogP contribution in [0.4, 0.5) is 10.5 Å². The molecule has 0 saturated carbocycles. The number of hydrogen-bond acceptors (Lipinski definition) is 7. The van der Waals surface area contributed by atoms with Crippen LogP contribution >= 0.6 is 0 Å². The highest BCUT2D eigenvalue weighted by molar-refractivity contribution is 5.96. The number of carbonyl (C=O) groups is 3. The minimum atomic E-state index is -0.879. The van der Waals surface area contributed by atoms with Crippen molar-refractivity contribution in [1.82, 2.24) is 10.2 Å². The van der Waals surface area contributed by atoms with Gasteiger partial charge in [0, 0.05) is 19.2 Å². The number of nitrogens with one attached hydrogen (secondary N) is 1. The molecule has 1 saturated heterocycles. The van der Waals surface area contributed by atoms with E-state index >= 15 is 0 Å². The van der Waals surface area contributed by atoms with Gasteiger partial charge in [-0.25, -0.2) is 9.59 Å². The number of esters is 1. The molecule has 1 aliphatic heterocycles. The molecule has 1 heterocycles. The summed E-state index contributed by atoms with van der Waals surface area (Å²) in [6.07, 6.45) is 0. The van der Waals surface area contributed by atoms with Crippen LogP contribution in [-0.4, -0.2) is 54.0 Å². The summed E-state index contributed by atoms with van der Waals surface area (Å²) in [5, 5.41) is 13.2. The molecule has 0 radical (unpaired) electrons. The molecule has 2 rings (SSSR count). The van der Waals surface area contributed by atoms with E-state index in [1.807, 2.05) is 0 Å². The number of nitro groups is 1. The number of para-hydroxylation sites is 2. The van der Waals surface area contributed by atoms with Crippen LogP contribution in [0, 0.1) is 10.1 Å². The van der Waals surface area contributed by atoms with Crippen molar-refractivity contribution in [1.29, 1.82) is 0 Å². The number of nitro benzene ring substituents is 1. The maximum Gasteiger partial charge on any atom is 0.344 e. The number of ether oxygens (including phenoxy) is 2. The topological polar surface area (TPSA) is 128 Å². The second-order valence-electron chi connectivity index (χ2n) is 4.45. The first-order valence-corrected chi connectivity index (χ1v) is 6.59. The molecule has 1 aromatic rings. The third-order valence-electron chi connectivity index (χ3n) is 2.92. The third-order valence-corrected chi connectivity index (χ3v) is 2.92. The molecule has 0 unspecified atom stereocenters. The number of hydrogen-bond donors (Lipinski definition) is 1. The molecule has 3 amide bonds. The van der Waals surface area contributed by atoms with Crippen LogP contribution in [0.5, 0.6) is 5.75 Å². The Morgan fingerprint density at radius 1 is 1.30 bits per heavy atom. The van der Waals surface area contributed by atoms with Crippen LogP contribution in [0.25, 0.3) is 0 Å². The third kappa shape index (κ3) is 4.15. The van der Waals surface area contributed by atoms with E-state index in [-0.39, 0.29) is 18.0 Å². The summed E-state index contributed by atoms with van der Waals surface area (Å²) in [5.41, 5.74) is -0.287. The van der Waals surface area contributed by atoms with E-state index in [2.05, 4.69) is 10.1 Å². The molecule has 0 aromatic heterocycles. The quantitative estimate of drug-likeness (QED) is 0.445. The maximum atomic E-state index is 11.6. The molecule has 10 nitrogen and oxygen atoms in total. The van der Waals surface area contributed by atoms with Gasteiger partial charge in [-0.15, -0.1) is 0 Å². The molecule has 1 aliphatic rings. The lowest BCUT2D eigenvalue weighted by Gasteiger charge is -2.12. The standard InChI is InChI=1S/C13H13N3O7/c17-11(15-6-5-14-13(15)19)7-23-12(18)8-22-10-4-2-1-3-9(10)16(20)21/h1-4H,5-8H2,(H,14,19). The fourth-order valence-corrected chi connectivity index (χ4v) is 1.84. The summed E-state index contributed by atoms with van der Waals surface area (Å²) in [6.45, 7) is -0.641. The molecule has 0 spiro atoms. The zero-order chi connectivity index (χ0) is 16.8. The lowest BCUT2D eigenvalue weighted by atomic mass is 10.3. The summed E-state index contributed by atoms with van der Waals surface area (Å²) >= 11 is 0. The zero-order valence-electron chi connectivity index (χ0n) is 11.9. The van der Waals surface area contributed by atoms with Crippen LogP contribution < -0.4 is 10.1 Å². The van der Waals surface area contributed by atoms with Gasteiger partial charge in [0.2, 0.25) is 0 Å². The van der Waals surface area contributed by atoms with Crippen LogP contribution in [0.2, 0.25) is 0 Å². The van der Waals surface area contributed by atoms with E-state index in [0.29, 0.717) is 6.54 Å². The van der Waals surface area contributed by atoms with E-state index in [9.17, 15) is 24.5 Å². The summed E-state index contributed by atoms with van der Waals surface area (Å²) in [7, 11) is 0. The Hall–Kier alpha value is -3.17. The molecule has 0 aliphatic carbocycles. The highest BCUT2D eigenvalue weighted by atomic mass is 16.6. The Morgan fingerprint density at radius 3 is 2.70 bits per heavy atom. The predicted octanol–water partition coefficient (Wildman–Crippen LogP) is 0.0686. The fourth-order valence-electron chi connectivity index (χ4n) is 1.84. The first-order chi connectivity index (χ1) is 11.0. The van der Waals surface area contributed by atoms with Crippen LogP contribution in [-0.2, 0) is 14.3 Å². The Labute approximate surface area is 130 Å². The van der Waals surface area contributed by atoms with Crippen molar-refractivity contribution in [3.63, 3.8) is 0 Å². The van der Waals surface area contributed by atoms with Crippen molar-refractivity contribution in [2.75, 3.05) is 26.3 Å². The minimum absolute atomic E-state index is 0.0836. The van der Waals surface area contributed by atoms with Crippen molar-refractivity contribution in [2.45, 2.75) is 0 Å². The number of amides is 3. The Bertz CT molecular complexity index is 646. The Kier molecular flexibility index (Phi) is 5.07. The van der Waals surface area contributed by atoms with Crippen molar-refractivity contribution >= 4 is 23.6 Å². The summed E-state index contributed by atoms with van der Waals surface area (Å²) in [4.78, 5) is 45.4. The highest BCUT2D eigenvalue weighted by Gasteiger charge is 2.26. The molecule has 0 atom stereocenters. The second kappa shape index (κ2) is 7.20. The average Bonchev–Trinajstić information content (AvgIpc) is 2.97. The van der Waals surface area contributed by atoms with Crippen molar-refractivity contribution in [2.24, 2.45) is 0 Å². The van der Waals surface area contributed by atoms with Gasteiger partial charge in [-0.1, -0.05) is 12.1 Å². The highest BCUT2D eigenvalue weighted by Crippen LogP contribution is 2.25. The number of carbonyl (C=O) groups excluding carboxylic acids is 3. The second-order valence-corrected chi connectivity index (χ2v) is 4.45. The van der Waals surface area contributed by atoms with Gasteiger partial charge in [-0.3, -0.25) is 19.8 Å². The lowest BCUT2D eigenvalue weighted by Crippen LogP contribution is -2.37. The fraction of sp³-hybridized carbons (Fsp3) is 0.308. The van der Waals surface area contributed by atoms with Gasteiger partial charge in [0.05, 0.1) is 4.92 Å². The maximum absolute atomic E-state index is 11.6. The normalized spacial score (nSPS) is 13.4. The molecule has 1 N–H and O–H groups in total. The molecule has 122 valence electrons. The van der Waals surface area contributed by atoms with E-state index in [4.69, 9.17) is 4.74 Å². The monoisotopic (exact) mass is 323 g/mol. The number of benzene rings is 1. The van der Waals surface area contributed by atoms with E-state index < -0.39 is 36.0 Å². The number of imide groups is 1. The molecule has 0 bridgehead atoms. The van der Waals surface area contributed by atoms with Crippen LogP contribution in [0.1, 0.15) is 0 Å². The number of urea groups is 1. The van der Waals surface area contributed by atoms with E-state index in [1.54, 1.807) is 0 Å². The molecule has 1 fully saturated rings. The Morgan fingerprint density at radius 2 is 2.04 bits per heavy atom. The molecular weight excluding hydrogens is 310 g/mol. The largest absolute Gasteiger partial charge is 0.475 e. The van der Waals surface area contributed by atoms with Gasteiger partial charge in [0.1, 0.15) is 0 Å². The minimum Gasteiger partial charge on any atom is -0.475 e. The number of rotatable bonds is 6. The van der Waals surface area contributed by atoms with Crippen molar-refractivity contribution in [3.05, 3.63) is 34.4 Å².